The summed E-state index contributed by atoms with van der Waals surface area (Å²) in [6.45, 7) is 1.10. The standard InChI is InChI=1S/C19H22ClNO3S/c1-25-12-11-24-19(22)21-9-10-23-18-8-7-16(14-17(18)20)13-15-5-3-2-4-6-15/h2-8,14H,9-13H2,1H3,(H,21,22). The van der Waals surface area contributed by atoms with Gasteiger partial charge in [-0.2, -0.15) is 11.8 Å². The number of nitrogens with one attached hydrogen (secondary N) is 1. The van der Waals surface area contributed by atoms with Crippen molar-refractivity contribution in [2.75, 3.05) is 31.8 Å². The molecule has 0 saturated heterocycles. The van der Waals surface area contributed by atoms with Crippen LogP contribution in [0.25, 0.3) is 0 Å². The molecule has 1 N–H and O–H groups in total. The molecule has 2 aromatic rings. The van der Waals surface area contributed by atoms with E-state index >= 15 is 0 Å². The van der Waals surface area contributed by atoms with Crippen molar-refractivity contribution >= 4 is 29.5 Å². The predicted molar refractivity (Wildman–Crippen MR) is 104 cm³/mol. The molecule has 0 bridgehead atoms. The molecular formula is C19H22ClNO3S. The van der Waals surface area contributed by atoms with E-state index in [9.17, 15) is 4.79 Å². The summed E-state index contributed by atoms with van der Waals surface area (Å²) in [4.78, 5) is 11.4. The molecule has 0 aliphatic carbocycles. The zero-order chi connectivity index (χ0) is 17.9. The van der Waals surface area contributed by atoms with Crippen molar-refractivity contribution in [3.63, 3.8) is 0 Å². The molecule has 2 aromatic carbocycles. The summed E-state index contributed by atoms with van der Waals surface area (Å²) in [5, 5.41) is 3.20. The minimum absolute atomic E-state index is 0.329. The van der Waals surface area contributed by atoms with Crippen molar-refractivity contribution in [1.82, 2.24) is 5.32 Å². The molecule has 0 aliphatic rings. The topological polar surface area (TPSA) is 47.6 Å². The molecule has 2 rings (SSSR count). The van der Waals surface area contributed by atoms with E-state index in [2.05, 4.69) is 17.4 Å². The normalized spacial score (nSPS) is 10.3. The molecule has 0 spiro atoms. The molecule has 6 heteroatoms. The van der Waals surface area contributed by atoms with Crippen molar-refractivity contribution in [3.8, 4) is 5.75 Å². The molecule has 0 saturated carbocycles. The Balaban J connectivity index is 1.74. The van der Waals surface area contributed by atoms with Crippen LogP contribution in [-0.2, 0) is 11.2 Å². The summed E-state index contributed by atoms with van der Waals surface area (Å²) < 4.78 is 10.6. The maximum Gasteiger partial charge on any atom is 0.407 e. The third-order valence-electron chi connectivity index (χ3n) is 3.40. The van der Waals surface area contributed by atoms with E-state index in [4.69, 9.17) is 21.1 Å². The van der Waals surface area contributed by atoms with E-state index in [1.54, 1.807) is 11.8 Å². The summed E-state index contributed by atoms with van der Waals surface area (Å²) in [5.74, 6) is 1.39. The quantitative estimate of drug-likeness (QED) is 0.656. The summed E-state index contributed by atoms with van der Waals surface area (Å²) >= 11 is 7.91. The maximum absolute atomic E-state index is 11.4. The second kappa shape index (κ2) is 10.9. The van der Waals surface area contributed by atoms with Gasteiger partial charge < -0.3 is 14.8 Å². The van der Waals surface area contributed by atoms with Gasteiger partial charge in [0.1, 0.15) is 19.0 Å². The van der Waals surface area contributed by atoms with Gasteiger partial charge in [0.05, 0.1) is 11.6 Å². The summed E-state index contributed by atoms with van der Waals surface area (Å²) in [6.07, 6.45) is 2.36. The lowest BCUT2D eigenvalue weighted by Crippen LogP contribution is -2.29. The number of ether oxygens (including phenoxy) is 2. The van der Waals surface area contributed by atoms with Gasteiger partial charge in [-0.3, -0.25) is 0 Å². The Morgan fingerprint density at radius 2 is 1.92 bits per heavy atom. The first-order valence-electron chi connectivity index (χ1n) is 8.04. The number of carbonyl (C=O) groups excluding carboxylic acids is 1. The van der Waals surface area contributed by atoms with E-state index < -0.39 is 6.09 Å². The summed E-state index contributed by atoms with van der Waals surface area (Å²) in [5.41, 5.74) is 2.36. The van der Waals surface area contributed by atoms with Crippen LogP contribution in [0.3, 0.4) is 0 Å². The van der Waals surface area contributed by atoms with Crippen LogP contribution in [0.2, 0.25) is 5.02 Å². The fraction of sp³-hybridized carbons (Fsp3) is 0.316. The number of alkyl carbamates (subject to hydrolysis) is 1. The first kappa shape index (κ1) is 19.5. The van der Waals surface area contributed by atoms with Crippen LogP contribution >= 0.6 is 23.4 Å². The largest absolute Gasteiger partial charge is 0.490 e. The first-order valence-corrected chi connectivity index (χ1v) is 9.81. The van der Waals surface area contributed by atoms with Gasteiger partial charge in [-0.15, -0.1) is 0 Å². The van der Waals surface area contributed by atoms with Crippen molar-refractivity contribution in [1.29, 1.82) is 0 Å². The predicted octanol–water partition coefficient (Wildman–Crippen LogP) is 4.40. The number of halogens is 1. The van der Waals surface area contributed by atoms with Crippen LogP contribution in [0.5, 0.6) is 5.75 Å². The Kier molecular flexibility index (Phi) is 8.49. The zero-order valence-corrected chi connectivity index (χ0v) is 15.7. The fourth-order valence-electron chi connectivity index (χ4n) is 2.19. The third kappa shape index (κ3) is 7.28. The number of hydrogen-bond acceptors (Lipinski definition) is 4. The highest BCUT2D eigenvalue weighted by atomic mass is 35.5. The smallest absolute Gasteiger partial charge is 0.407 e. The van der Waals surface area contributed by atoms with Crippen molar-refractivity contribution in [3.05, 3.63) is 64.7 Å². The van der Waals surface area contributed by atoms with Crippen LogP contribution < -0.4 is 10.1 Å². The van der Waals surface area contributed by atoms with Gasteiger partial charge in [-0.05, 0) is 35.9 Å². The van der Waals surface area contributed by atoms with Crippen LogP contribution in [0.1, 0.15) is 11.1 Å². The van der Waals surface area contributed by atoms with Crippen molar-refractivity contribution < 1.29 is 14.3 Å². The molecule has 0 aliphatic heterocycles. The number of carbonyl (C=O) groups is 1. The highest BCUT2D eigenvalue weighted by Gasteiger charge is 2.05. The van der Waals surface area contributed by atoms with Gasteiger partial charge in [0.15, 0.2) is 0 Å². The van der Waals surface area contributed by atoms with Gasteiger partial charge in [-0.1, -0.05) is 48.0 Å². The van der Waals surface area contributed by atoms with Gasteiger partial charge in [0.2, 0.25) is 0 Å². The monoisotopic (exact) mass is 379 g/mol. The Hall–Kier alpha value is -1.85. The molecule has 0 aromatic heterocycles. The van der Waals surface area contributed by atoms with Crippen molar-refractivity contribution in [2.24, 2.45) is 0 Å². The minimum atomic E-state index is -0.429. The lowest BCUT2D eigenvalue weighted by molar-refractivity contribution is 0.151. The molecular weight excluding hydrogens is 358 g/mol. The number of amides is 1. The minimum Gasteiger partial charge on any atom is -0.490 e. The Morgan fingerprint density at radius 1 is 1.12 bits per heavy atom. The number of benzene rings is 2. The van der Waals surface area contributed by atoms with Crippen LogP contribution in [-0.4, -0.2) is 37.9 Å². The van der Waals surface area contributed by atoms with Gasteiger partial charge in [0.25, 0.3) is 0 Å². The van der Waals surface area contributed by atoms with E-state index in [0.29, 0.717) is 30.5 Å². The van der Waals surface area contributed by atoms with Crippen LogP contribution in [0.4, 0.5) is 4.79 Å². The molecule has 4 nitrogen and oxygen atoms in total. The average molecular weight is 380 g/mol. The molecule has 0 heterocycles. The highest BCUT2D eigenvalue weighted by Crippen LogP contribution is 2.26. The molecule has 134 valence electrons. The lowest BCUT2D eigenvalue weighted by atomic mass is 10.1. The SMILES string of the molecule is CSCCOC(=O)NCCOc1ccc(Cc2ccccc2)cc1Cl. The molecule has 0 fully saturated rings. The number of hydrogen-bond donors (Lipinski definition) is 1. The second-order valence-electron chi connectivity index (χ2n) is 5.33. The molecule has 0 unspecified atom stereocenters. The second-order valence-corrected chi connectivity index (χ2v) is 6.72. The zero-order valence-electron chi connectivity index (χ0n) is 14.2. The maximum atomic E-state index is 11.4. The molecule has 1 amide bonds. The number of rotatable bonds is 9. The molecule has 0 atom stereocenters. The first-order chi connectivity index (χ1) is 12.2. The summed E-state index contributed by atoms with van der Waals surface area (Å²) in [6, 6.07) is 16.0. The van der Waals surface area contributed by atoms with Crippen LogP contribution in [0, 0.1) is 0 Å². The van der Waals surface area contributed by atoms with Gasteiger partial charge in [0, 0.05) is 5.75 Å². The fourth-order valence-corrected chi connectivity index (χ4v) is 2.69. The Morgan fingerprint density at radius 3 is 2.64 bits per heavy atom. The van der Waals surface area contributed by atoms with E-state index in [1.165, 1.54) is 5.56 Å². The third-order valence-corrected chi connectivity index (χ3v) is 4.27. The van der Waals surface area contributed by atoms with Gasteiger partial charge >= 0.3 is 6.09 Å². The molecule has 0 radical (unpaired) electrons. The Bertz CT molecular complexity index is 667. The van der Waals surface area contributed by atoms with Crippen molar-refractivity contribution in [2.45, 2.75) is 6.42 Å². The lowest BCUT2D eigenvalue weighted by Gasteiger charge is -2.11. The van der Waals surface area contributed by atoms with Crippen LogP contribution in [0.15, 0.2) is 48.5 Å². The summed E-state index contributed by atoms with van der Waals surface area (Å²) in [7, 11) is 0. The van der Waals surface area contributed by atoms with Gasteiger partial charge in [-0.25, -0.2) is 4.79 Å². The average Bonchev–Trinajstić information content (AvgIpc) is 2.61. The van der Waals surface area contributed by atoms with E-state index in [1.807, 2.05) is 42.7 Å². The highest BCUT2D eigenvalue weighted by molar-refractivity contribution is 7.98. The number of thioether (sulfide) groups is 1. The Labute approximate surface area is 157 Å². The van der Waals surface area contributed by atoms with E-state index in [0.717, 1.165) is 17.7 Å². The molecule has 25 heavy (non-hydrogen) atoms. The van der Waals surface area contributed by atoms with E-state index in [-0.39, 0.29) is 0 Å².